The van der Waals surface area contributed by atoms with Gasteiger partial charge in [0, 0.05) is 29.9 Å². The first-order valence-corrected chi connectivity index (χ1v) is 9.06. The molecule has 1 saturated heterocycles. The third-order valence-corrected chi connectivity index (χ3v) is 6.42. The first kappa shape index (κ1) is 13.3. The Labute approximate surface area is 116 Å². The van der Waals surface area contributed by atoms with Crippen LogP contribution in [-0.2, 0) is 0 Å². The lowest BCUT2D eigenvalue weighted by molar-refractivity contribution is 0.174. The molecule has 2 aliphatic carbocycles. The predicted octanol–water partition coefficient (Wildman–Crippen LogP) is 2.88. The van der Waals surface area contributed by atoms with Gasteiger partial charge in [0.15, 0.2) is 0 Å². The van der Waals surface area contributed by atoms with E-state index in [0.29, 0.717) is 4.75 Å². The van der Waals surface area contributed by atoms with Crippen molar-refractivity contribution < 1.29 is 0 Å². The minimum atomic E-state index is 0.599. The minimum Gasteiger partial charge on any atom is -0.310 e. The Kier molecular flexibility index (Phi) is 4.21. The van der Waals surface area contributed by atoms with E-state index in [1.54, 1.807) is 0 Å². The second kappa shape index (κ2) is 5.72. The summed E-state index contributed by atoms with van der Waals surface area (Å²) in [4.78, 5) is 2.76. The fourth-order valence-corrected chi connectivity index (χ4v) is 4.78. The van der Waals surface area contributed by atoms with Crippen LogP contribution in [0.3, 0.4) is 0 Å². The van der Waals surface area contributed by atoms with Crippen molar-refractivity contribution in [3.05, 3.63) is 0 Å². The zero-order valence-corrected chi connectivity index (χ0v) is 12.6. The lowest BCUT2D eigenvalue weighted by atomic mass is 10.0. The highest BCUT2D eigenvalue weighted by atomic mass is 32.2. The fourth-order valence-electron chi connectivity index (χ4n) is 3.77. The molecule has 3 heteroatoms. The van der Waals surface area contributed by atoms with E-state index >= 15 is 0 Å². The van der Waals surface area contributed by atoms with Crippen LogP contribution < -0.4 is 5.32 Å². The largest absolute Gasteiger partial charge is 0.310 e. The van der Waals surface area contributed by atoms with Gasteiger partial charge in [-0.1, -0.05) is 12.8 Å². The van der Waals surface area contributed by atoms with E-state index in [1.807, 2.05) is 0 Å². The third kappa shape index (κ3) is 3.23. The Hall–Kier alpha value is 0.270. The van der Waals surface area contributed by atoms with Crippen LogP contribution in [-0.4, -0.2) is 47.6 Å². The van der Waals surface area contributed by atoms with Gasteiger partial charge in [0.05, 0.1) is 0 Å². The first-order chi connectivity index (χ1) is 8.80. The standard InChI is InChI=1S/C15H28N2S/c1-18-15(8-2-3-9-15)12-17-10-4-5-14(11-17)16-13-6-7-13/h13-14,16H,2-12H2,1H3. The van der Waals surface area contributed by atoms with Gasteiger partial charge in [-0.25, -0.2) is 0 Å². The second-order valence-corrected chi connectivity index (χ2v) is 7.88. The van der Waals surface area contributed by atoms with Crippen molar-refractivity contribution in [3.63, 3.8) is 0 Å². The summed E-state index contributed by atoms with van der Waals surface area (Å²) in [6.07, 6.45) is 13.8. The molecule has 0 radical (unpaired) electrons. The van der Waals surface area contributed by atoms with Gasteiger partial charge >= 0.3 is 0 Å². The fraction of sp³-hybridized carbons (Fsp3) is 1.00. The van der Waals surface area contributed by atoms with Gasteiger partial charge in [-0.15, -0.1) is 0 Å². The van der Waals surface area contributed by atoms with E-state index in [0.717, 1.165) is 12.1 Å². The Bertz CT molecular complexity index is 272. The van der Waals surface area contributed by atoms with Crippen molar-refractivity contribution in [2.45, 2.75) is 68.2 Å². The molecular weight excluding hydrogens is 240 g/mol. The molecule has 0 bridgehead atoms. The molecule has 1 atom stereocenters. The summed E-state index contributed by atoms with van der Waals surface area (Å²) in [7, 11) is 0. The molecule has 0 aromatic heterocycles. The molecule has 2 nitrogen and oxygen atoms in total. The van der Waals surface area contributed by atoms with Crippen molar-refractivity contribution in [2.24, 2.45) is 0 Å². The van der Waals surface area contributed by atoms with Crippen LogP contribution in [0.1, 0.15) is 51.4 Å². The maximum absolute atomic E-state index is 3.83. The van der Waals surface area contributed by atoms with E-state index < -0.39 is 0 Å². The first-order valence-electron chi connectivity index (χ1n) is 7.83. The van der Waals surface area contributed by atoms with E-state index in [-0.39, 0.29) is 0 Å². The van der Waals surface area contributed by atoms with Crippen molar-refractivity contribution in [1.29, 1.82) is 0 Å². The Morgan fingerprint density at radius 2 is 1.89 bits per heavy atom. The van der Waals surface area contributed by atoms with Gasteiger partial charge < -0.3 is 10.2 Å². The molecule has 0 aromatic rings. The number of thioether (sulfide) groups is 1. The molecule has 2 saturated carbocycles. The summed E-state index contributed by atoms with van der Waals surface area (Å²) < 4.78 is 0.599. The molecule has 0 aromatic carbocycles. The molecule has 0 spiro atoms. The van der Waals surface area contributed by atoms with E-state index in [2.05, 4.69) is 28.2 Å². The number of rotatable bonds is 5. The molecule has 1 N–H and O–H groups in total. The van der Waals surface area contributed by atoms with Crippen LogP contribution in [0.25, 0.3) is 0 Å². The third-order valence-electron chi connectivity index (χ3n) is 5.01. The Morgan fingerprint density at radius 1 is 1.11 bits per heavy atom. The molecule has 1 heterocycles. The molecule has 104 valence electrons. The Morgan fingerprint density at radius 3 is 2.56 bits per heavy atom. The minimum absolute atomic E-state index is 0.599. The summed E-state index contributed by atoms with van der Waals surface area (Å²) in [5.41, 5.74) is 0. The predicted molar refractivity (Wildman–Crippen MR) is 80.3 cm³/mol. The zero-order valence-electron chi connectivity index (χ0n) is 11.8. The monoisotopic (exact) mass is 268 g/mol. The van der Waals surface area contributed by atoms with Crippen molar-refractivity contribution in [1.82, 2.24) is 10.2 Å². The summed E-state index contributed by atoms with van der Waals surface area (Å²) in [6.45, 7) is 3.99. The van der Waals surface area contributed by atoms with Gasteiger partial charge in [-0.2, -0.15) is 11.8 Å². The van der Waals surface area contributed by atoms with Crippen molar-refractivity contribution in [3.8, 4) is 0 Å². The van der Waals surface area contributed by atoms with E-state index in [1.165, 1.54) is 71.0 Å². The van der Waals surface area contributed by atoms with Gasteiger partial charge in [0.25, 0.3) is 0 Å². The van der Waals surface area contributed by atoms with E-state index in [4.69, 9.17) is 0 Å². The van der Waals surface area contributed by atoms with Crippen molar-refractivity contribution >= 4 is 11.8 Å². The van der Waals surface area contributed by atoms with Gasteiger partial charge in [0.2, 0.25) is 0 Å². The number of nitrogens with zero attached hydrogens (tertiary/aromatic N) is 1. The molecule has 3 fully saturated rings. The summed E-state index contributed by atoms with van der Waals surface area (Å²) in [6, 6.07) is 1.66. The highest BCUT2D eigenvalue weighted by Crippen LogP contribution is 2.41. The van der Waals surface area contributed by atoms with Crippen LogP contribution in [0.4, 0.5) is 0 Å². The number of likely N-dealkylation sites (tertiary alicyclic amines) is 1. The topological polar surface area (TPSA) is 15.3 Å². The van der Waals surface area contributed by atoms with E-state index in [9.17, 15) is 0 Å². The van der Waals surface area contributed by atoms with Crippen LogP contribution in [0.2, 0.25) is 0 Å². The molecule has 0 amide bonds. The zero-order chi connectivity index (χ0) is 12.4. The molecule has 3 aliphatic rings. The highest BCUT2D eigenvalue weighted by molar-refractivity contribution is 8.00. The molecule has 1 aliphatic heterocycles. The SMILES string of the molecule is CSC1(CN2CCCC(NC3CC3)C2)CCCC1. The quantitative estimate of drug-likeness (QED) is 0.825. The van der Waals surface area contributed by atoms with Gasteiger partial charge in [-0.3, -0.25) is 0 Å². The number of piperidine rings is 1. The molecular formula is C15H28N2S. The lowest BCUT2D eigenvalue weighted by Crippen LogP contribution is -2.50. The van der Waals surface area contributed by atoms with Crippen LogP contribution in [0.5, 0.6) is 0 Å². The van der Waals surface area contributed by atoms with Crippen LogP contribution in [0, 0.1) is 0 Å². The van der Waals surface area contributed by atoms with Gasteiger partial charge in [-0.05, 0) is 51.3 Å². The smallest absolute Gasteiger partial charge is 0.0284 e. The average molecular weight is 268 g/mol. The lowest BCUT2D eigenvalue weighted by Gasteiger charge is -2.39. The van der Waals surface area contributed by atoms with Crippen LogP contribution in [0.15, 0.2) is 0 Å². The summed E-state index contributed by atoms with van der Waals surface area (Å²) in [5, 5.41) is 3.83. The second-order valence-electron chi connectivity index (χ2n) is 6.61. The molecule has 3 rings (SSSR count). The number of nitrogens with one attached hydrogen (secondary N) is 1. The molecule has 1 unspecified atom stereocenters. The summed E-state index contributed by atoms with van der Waals surface area (Å²) in [5.74, 6) is 0. The normalized spacial score (nSPS) is 32.8. The van der Waals surface area contributed by atoms with Gasteiger partial charge in [0.1, 0.15) is 0 Å². The Balaban J connectivity index is 1.51. The molecule has 18 heavy (non-hydrogen) atoms. The maximum atomic E-state index is 3.83. The number of hydrogen-bond donors (Lipinski definition) is 1. The van der Waals surface area contributed by atoms with Crippen LogP contribution >= 0.6 is 11.8 Å². The summed E-state index contributed by atoms with van der Waals surface area (Å²) >= 11 is 2.14. The number of hydrogen-bond acceptors (Lipinski definition) is 3. The van der Waals surface area contributed by atoms with Crippen molar-refractivity contribution in [2.75, 3.05) is 25.9 Å². The highest BCUT2D eigenvalue weighted by Gasteiger charge is 2.36. The average Bonchev–Trinajstić information content (AvgIpc) is 3.07. The maximum Gasteiger partial charge on any atom is 0.0284 e.